The van der Waals surface area contributed by atoms with Crippen LogP contribution >= 0.6 is 11.6 Å². The Morgan fingerprint density at radius 3 is 2.36 bits per heavy atom. The molecular weight excluding hydrogens is 446 g/mol. The second-order valence-electron chi connectivity index (χ2n) is 7.94. The Hall–Kier alpha value is -2.80. The standard InChI is InChI=1S/C26H27ClF2N2O2/c1-2-17-5-3-6-18(9-17)15-30-16-25(32)24(12-19-10-22(28)14-23(29)11-19)31-26(33)20-7-4-8-21(27)13-20/h3-11,13-14,24-25,30,32H,2,12,15-16H2,1H3,(H,31,33). The minimum absolute atomic E-state index is 0.0507. The zero-order chi connectivity index (χ0) is 23.8. The van der Waals surface area contributed by atoms with E-state index in [4.69, 9.17) is 11.6 Å². The van der Waals surface area contributed by atoms with Crippen LogP contribution in [0.1, 0.15) is 34.0 Å². The first-order chi connectivity index (χ1) is 15.8. The molecule has 0 fully saturated rings. The van der Waals surface area contributed by atoms with E-state index in [2.05, 4.69) is 29.7 Å². The van der Waals surface area contributed by atoms with Gasteiger partial charge >= 0.3 is 0 Å². The Balaban J connectivity index is 1.70. The van der Waals surface area contributed by atoms with Gasteiger partial charge < -0.3 is 15.7 Å². The summed E-state index contributed by atoms with van der Waals surface area (Å²) in [6.45, 7) is 2.79. The van der Waals surface area contributed by atoms with Gasteiger partial charge in [0.05, 0.1) is 12.1 Å². The van der Waals surface area contributed by atoms with E-state index in [0.29, 0.717) is 22.7 Å². The van der Waals surface area contributed by atoms with Gasteiger partial charge in [-0.2, -0.15) is 0 Å². The van der Waals surface area contributed by atoms with Crippen LogP contribution in [0.3, 0.4) is 0 Å². The normalized spacial score (nSPS) is 12.9. The SMILES string of the molecule is CCc1cccc(CNCC(O)C(Cc2cc(F)cc(F)c2)NC(=O)c2cccc(Cl)c2)c1. The lowest BCUT2D eigenvalue weighted by atomic mass is 10.00. The van der Waals surface area contributed by atoms with Gasteiger partial charge in [0.15, 0.2) is 0 Å². The van der Waals surface area contributed by atoms with Crippen LogP contribution < -0.4 is 10.6 Å². The second kappa shape index (κ2) is 11.9. The maximum atomic E-state index is 13.7. The number of carbonyl (C=O) groups is 1. The number of halogens is 3. The molecular formula is C26H27ClF2N2O2. The predicted octanol–water partition coefficient (Wildman–Crippen LogP) is 4.67. The lowest BCUT2D eigenvalue weighted by Crippen LogP contribution is -2.48. The molecule has 33 heavy (non-hydrogen) atoms. The molecule has 2 atom stereocenters. The number of amides is 1. The largest absolute Gasteiger partial charge is 0.390 e. The number of benzene rings is 3. The van der Waals surface area contributed by atoms with Gasteiger partial charge in [-0.1, -0.05) is 48.9 Å². The highest BCUT2D eigenvalue weighted by molar-refractivity contribution is 6.30. The molecule has 3 aromatic rings. The van der Waals surface area contributed by atoms with Crippen molar-refractivity contribution in [2.24, 2.45) is 0 Å². The van der Waals surface area contributed by atoms with E-state index in [1.807, 2.05) is 12.1 Å². The molecule has 0 aliphatic rings. The Kier molecular flexibility index (Phi) is 8.95. The number of aliphatic hydroxyl groups excluding tert-OH is 1. The van der Waals surface area contributed by atoms with Crippen molar-refractivity contribution in [3.05, 3.63) is 106 Å². The van der Waals surface area contributed by atoms with Gasteiger partial charge in [0.2, 0.25) is 0 Å². The van der Waals surface area contributed by atoms with Gasteiger partial charge in [-0.25, -0.2) is 8.78 Å². The van der Waals surface area contributed by atoms with Crippen LogP contribution in [0.5, 0.6) is 0 Å². The van der Waals surface area contributed by atoms with E-state index in [0.717, 1.165) is 18.1 Å². The summed E-state index contributed by atoms with van der Waals surface area (Å²) >= 11 is 5.98. The fourth-order valence-corrected chi connectivity index (χ4v) is 3.80. The first kappa shape index (κ1) is 24.8. The highest BCUT2D eigenvalue weighted by Crippen LogP contribution is 2.14. The molecule has 0 aliphatic carbocycles. The van der Waals surface area contributed by atoms with E-state index in [1.165, 1.54) is 23.8 Å². The van der Waals surface area contributed by atoms with E-state index in [-0.39, 0.29) is 13.0 Å². The summed E-state index contributed by atoms with van der Waals surface area (Å²) < 4.78 is 27.4. The zero-order valence-electron chi connectivity index (χ0n) is 18.3. The van der Waals surface area contributed by atoms with Crippen molar-refractivity contribution in [2.45, 2.75) is 38.5 Å². The molecule has 0 radical (unpaired) electrons. The van der Waals surface area contributed by atoms with Gasteiger partial charge in [-0.15, -0.1) is 0 Å². The second-order valence-corrected chi connectivity index (χ2v) is 8.38. The molecule has 0 heterocycles. The number of hydrogen-bond donors (Lipinski definition) is 3. The topological polar surface area (TPSA) is 61.4 Å². The van der Waals surface area contributed by atoms with E-state index >= 15 is 0 Å². The van der Waals surface area contributed by atoms with Crippen molar-refractivity contribution < 1.29 is 18.7 Å². The minimum atomic E-state index is -1.01. The first-order valence-electron chi connectivity index (χ1n) is 10.8. The number of carbonyl (C=O) groups excluding carboxylic acids is 1. The molecule has 0 saturated carbocycles. The van der Waals surface area contributed by atoms with Crippen LogP contribution in [0.4, 0.5) is 8.78 Å². The summed E-state index contributed by atoms with van der Waals surface area (Å²) in [5.74, 6) is -1.87. The lowest BCUT2D eigenvalue weighted by Gasteiger charge is -2.25. The Labute approximate surface area is 197 Å². The maximum Gasteiger partial charge on any atom is 0.251 e. The summed E-state index contributed by atoms with van der Waals surface area (Å²) in [7, 11) is 0. The molecule has 3 aromatic carbocycles. The molecule has 0 bridgehead atoms. The fraction of sp³-hybridized carbons (Fsp3) is 0.269. The van der Waals surface area contributed by atoms with E-state index < -0.39 is 29.7 Å². The summed E-state index contributed by atoms with van der Waals surface area (Å²) in [6.07, 6.45) is -0.0261. The molecule has 0 aliphatic heterocycles. The number of rotatable bonds is 10. The predicted molar refractivity (Wildman–Crippen MR) is 126 cm³/mol. The number of aliphatic hydroxyl groups is 1. The summed E-state index contributed by atoms with van der Waals surface area (Å²) in [4.78, 5) is 12.8. The average molecular weight is 473 g/mol. The van der Waals surface area contributed by atoms with Crippen LogP contribution in [-0.2, 0) is 19.4 Å². The van der Waals surface area contributed by atoms with Gasteiger partial charge in [0.1, 0.15) is 11.6 Å². The molecule has 3 N–H and O–H groups in total. The third-order valence-corrected chi connectivity index (χ3v) is 5.56. The zero-order valence-corrected chi connectivity index (χ0v) is 19.1. The van der Waals surface area contributed by atoms with Gasteiger partial charge in [0, 0.05) is 29.7 Å². The van der Waals surface area contributed by atoms with Gasteiger partial charge in [-0.3, -0.25) is 4.79 Å². The molecule has 4 nitrogen and oxygen atoms in total. The fourth-order valence-electron chi connectivity index (χ4n) is 3.61. The smallest absolute Gasteiger partial charge is 0.251 e. The van der Waals surface area contributed by atoms with Crippen LogP contribution in [0, 0.1) is 11.6 Å². The summed E-state index contributed by atoms with van der Waals surface area (Å²) in [5, 5.41) is 17.2. The Morgan fingerprint density at radius 2 is 1.67 bits per heavy atom. The molecule has 0 spiro atoms. The van der Waals surface area contributed by atoms with Gasteiger partial charge in [0.25, 0.3) is 5.91 Å². The average Bonchev–Trinajstić information content (AvgIpc) is 2.78. The van der Waals surface area contributed by atoms with Crippen molar-refractivity contribution >= 4 is 17.5 Å². The van der Waals surface area contributed by atoms with E-state index in [9.17, 15) is 18.7 Å². The van der Waals surface area contributed by atoms with Crippen LogP contribution in [-0.4, -0.2) is 29.7 Å². The van der Waals surface area contributed by atoms with Crippen molar-refractivity contribution in [3.63, 3.8) is 0 Å². The molecule has 0 aromatic heterocycles. The molecule has 2 unspecified atom stereocenters. The molecule has 174 valence electrons. The summed E-state index contributed by atoms with van der Waals surface area (Å²) in [5.41, 5.74) is 2.95. The third-order valence-electron chi connectivity index (χ3n) is 5.33. The van der Waals surface area contributed by atoms with Crippen LogP contribution in [0.25, 0.3) is 0 Å². The minimum Gasteiger partial charge on any atom is -0.390 e. The molecule has 7 heteroatoms. The Bertz CT molecular complexity index is 1070. The highest BCUT2D eigenvalue weighted by atomic mass is 35.5. The molecule has 3 rings (SSSR count). The van der Waals surface area contributed by atoms with Gasteiger partial charge in [-0.05, 0) is 59.9 Å². The maximum absolute atomic E-state index is 13.7. The molecule has 1 amide bonds. The monoisotopic (exact) mass is 472 g/mol. The quantitative estimate of drug-likeness (QED) is 0.402. The number of nitrogens with one attached hydrogen (secondary N) is 2. The van der Waals surface area contributed by atoms with Crippen molar-refractivity contribution in [1.82, 2.24) is 10.6 Å². The number of aryl methyl sites for hydroxylation is 1. The lowest BCUT2D eigenvalue weighted by molar-refractivity contribution is 0.0830. The summed E-state index contributed by atoms with van der Waals surface area (Å²) in [6, 6.07) is 16.9. The van der Waals surface area contributed by atoms with Crippen LogP contribution in [0.2, 0.25) is 5.02 Å². The third kappa shape index (κ3) is 7.63. The van der Waals surface area contributed by atoms with Crippen molar-refractivity contribution in [1.29, 1.82) is 0 Å². The van der Waals surface area contributed by atoms with E-state index in [1.54, 1.807) is 18.2 Å². The van der Waals surface area contributed by atoms with Crippen LogP contribution in [0.15, 0.2) is 66.7 Å². The van der Waals surface area contributed by atoms with Crippen molar-refractivity contribution in [2.75, 3.05) is 6.54 Å². The van der Waals surface area contributed by atoms with Crippen molar-refractivity contribution in [3.8, 4) is 0 Å². The number of hydrogen-bond acceptors (Lipinski definition) is 3. The Morgan fingerprint density at radius 1 is 0.970 bits per heavy atom. The first-order valence-corrected chi connectivity index (χ1v) is 11.2. The molecule has 0 saturated heterocycles. The highest BCUT2D eigenvalue weighted by Gasteiger charge is 2.23.